The number of allylic oxidation sites excluding steroid dienone is 1. The van der Waals surface area contributed by atoms with Crippen LogP contribution in [0, 0.1) is 23.2 Å². The molecule has 1 N–H and O–H groups in total. The van der Waals surface area contributed by atoms with E-state index in [2.05, 4.69) is 41.6 Å². The molecule has 0 spiro atoms. The SMILES string of the molecule is C[C@@H]1C(O)C(C#N)=C[C@]2(C)c3nc(-c4ccncc4)n(-c4ccccc4)c3CC[C@@H]12. The average Bonchev–Trinajstić information content (AvgIpc) is 3.18. The van der Waals surface area contributed by atoms with Crippen molar-refractivity contribution in [2.75, 3.05) is 0 Å². The van der Waals surface area contributed by atoms with Gasteiger partial charge >= 0.3 is 0 Å². The highest BCUT2D eigenvalue weighted by molar-refractivity contribution is 5.62. The largest absolute Gasteiger partial charge is 0.387 e. The van der Waals surface area contributed by atoms with Gasteiger partial charge in [0.1, 0.15) is 5.82 Å². The Hall–Kier alpha value is -3.23. The van der Waals surface area contributed by atoms with Gasteiger partial charge in [-0.1, -0.05) is 38.1 Å². The minimum absolute atomic E-state index is 0.00838. The lowest BCUT2D eigenvalue weighted by Crippen LogP contribution is -2.47. The maximum atomic E-state index is 10.6. The molecule has 5 rings (SSSR count). The van der Waals surface area contributed by atoms with Crippen molar-refractivity contribution in [3.8, 4) is 23.1 Å². The van der Waals surface area contributed by atoms with Gasteiger partial charge in [-0.3, -0.25) is 9.55 Å². The van der Waals surface area contributed by atoms with Crippen molar-refractivity contribution >= 4 is 0 Å². The van der Waals surface area contributed by atoms with Gasteiger partial charge in [0.2, 0.25) is 0 Å². The maximum Gasteiger partial charge on any atom is 0.145 e. The fraction of sp³-hybridized carbons (Fsp3) is 0.320. The first-order valence-corrected chi connectivity index (χ1v) is 10.4. The number of aliphatic hydroxyl groups is 1. The minimum atomic E-state index is -0.703. The van der Waals surface area contributed by atoms with Gasteiger partial charge in [-0.2, -0.15) is 5.26 Å². The molecule has 2 aliphatic carbocycles. The number of rotatable bonds is 2. The van der Waals surface area contributed by atoms with Gasteiger partial charge < -0.3 is 5.11 Å². The summed E-state index contributed by atoms with van der Waals surface area (Å²) < 4.78 is 2.25. The first-order chi connectivity index (χ1) is 14.5. The van der Waals surface area contributed by atoms with Crippen LogP contribution < -0.4 is 0 Å². The van der Waals surface area contributed by atoms with Crippen molar-refractivity contribution in [2.45, 2.75) is 38.2 Å². The zero-order valence-corrected chi connectivity index (χ0v) is 17.2. The van der Waals surface area contributed by atoms with Gasteiger partial charge in [0, 0.05) is 34.8 Å². The van der Waals surface area contributed by atoms with E-state index in [1.807, 2.05) is 36.4 Å². The third-order valence-corrected chi connectivity index (χ3v) is 6.93. The molecule has 30 heavy (non-hydrogen) atoms. The number of hydrogen-bond acceptors (Lipinski definition) is 4. The Kier molecular flexibility index (Phi) is 4.34. The Labute approximate surface area is 176 Å². The smallest absolute Gasteiger partial charge is 0.145 e. The molecule has 1 unspecified atom stereocenters. The monoisotopic (exact) mass is 396 g/mol. The van der Waals surface area contributed by atoms with E-state index in [0.717, 1.165) is 35.6 Å². The second-order valence-corrected chi connectivity index (χ2v) is 8.58. The summed E-state index contributed by atoms with van der Waals surface area (Å²) in [7, 11) is 0. The van der Waals surface area contributed by atoms with E-state index >= 15 is 0 Å². The van der Waals surface area contributed by atoms with Crippen LogP contribution in [0.3, 0.4) is 0 Å². The molecule has 0 amide bonds. The highest BCUT2D eigenvalue weighted by Gasteiger charge is 2.50. The van der Waals surface area contributed by atoms with E-state index in [1.165, 1.54) is 5.69 Å². The molecule has 4 atom stereocenters. The Morgan fingerprint density at radius 3 is 2.60 bits per heavy atom. The number of para-hydroxylation sites is 1. The molecule has 5 heteroatoms. The number of benzene rings is 1. The summed E-state index contributed by atoms with van der Waals surface area (Å²) in [6.07, 6.45) is 6.68. The highest BCUT2D eigenvalue weighted by Crippen LogP contribution is 2.51. The fourth-order valence-corrected chi connectivity index (χ4v) is 5.43. The van der Waals surface area contributed by atoms with E-state index in [1.54, 1.807) is 12.4 Å². The van der Waals surface area contributed by atoms with Crippen molar-refractivity contribution in [2.24, 2.45) is 11.8 Å². The number of hydrogen-bond donors (Lipinski definition) is 1. The van der Waals surface area contributed by atoms with Crippen LogP contribution in [0.25, 0.3) is 17.1 Å². The van der Waals surface area contributed by atoms with Crippen molar-refractivity contribution in [1.82, 2.24) is 14.5 Å². The van der Waals surface area contributed by atoms with Crippen LogP contribution in [0.1, 0.15) is 31.7 Å². The zero-order valence-electron chi connectivity index (χ0n) is 17.2. The van der Waals surface area contributed by atoms with Crippen molar-refractivity contribution in [3.63, 3.8) is 0 Å². The lowest BCUT2D eigenvalue weighted by molar-refractivity contribution is 0.0668. The normalized spacial score (nSPS) is 27.5. The average molecular weight is 396 g/mol. The van der Waals surface area contributed by atoms with E-state index in [0.29, 0.717) is 5.57 Å². The predicted octanol–water partition coefficient (Wildman–Crippen LogP) is 4.21. The number of aliphatic hydroxyl groups excluding tert-OH is 1. The first kappa shape index (κ1) is 18.8. The standard InChI is InChI=1S/C25H24N4O/c1-16-20-8-9-21-23(25(20,2)14-18(15-26)22(16)30)28-24(17-10-12-27-13-11-17)29(21)19-6-4-3-5-7-19/h3-7,10-14,16,20,22,30H,8-9H2,1-2H3/t16-,20-,22?,25-/m0/s1. The molecule has 0 saturated heterocycles. The van der Waals surface area contributed by atoms with Crippen LogP contribution in [0.4, 0.5) is 0 Å². The molecule has 3 aromatic rings. The van der Waals surface area contributed by atoms with Gasteiger partial charge in [-0.25, -0.2) is 4.98 Å². The number of nitriles is 1. The van der Waals surface area contributed by atoms with Crippen molar-refractivity contribution in [1.29, 1.82) is 5.26 Å². The van der Waals surface area contributed by atoms with Crippen LogP contribution >= 0.6 is 0 Å². The van der Waals surface area contributed by atoms with E-state index in [9.17, 15) is 10.4 Å². The molecule has 0 radical (unpaired) electrons. The number of aromatic nitrogens is 3. The summed E-state index contributed by atoms with van der Waals surface area (Å²) in [4.78, 5) is 9.34. The van der Waals surface area contributed by atoms with Crippen LogP contribution in [-0.2, 0) is 11.8 Å². The van der Waals surface area contributed by atoms with Gasteiger partial charge in [0.25, 0.3) is 0 Å². The van der Waals surface area contributed by atoms with Gasteiger partial charge in [-0.05, 0) is 48.9 Å². The summed E-state index contributed by atoms with van der Waals surface area (Å²) in [5.41, 5.74) is 4.35. The lowest BCUT2D eigenvalue weighted by atomic mass is 9.58. The molecular formula is C25H24N4O. The summed E-state index contributed by atoms with van der Waals surface area (Å²) in [5.74, 6) is 1.14. The third-order valence-electron chi connectivity index (χ3n) is 6.93. The number of imidazole rings is 1. The molecule has 1 aromatic carbocycles. The lowest BCUT2D eigenvalue weighted by Gasteiger charge is -2.46. The van der Waals surface area contributed by atoms with Crippen LogP contribution in [0.2, 0.25) is 0 Å². The van der Waals surface area contributed by atoms with Crippen LogP contribution in [0.5, 0.6) is 0 Å². The number of nitrogens with zero attached hydrogens (tertiary/aromatic N) is 4. The highest BCUT2D eigenvalue weighted by atomic mass is 16.3. The fourth-order valence-electron chi connectivity index (χ4n) is 5.43. The molecule has 0 fully saturated rings. The Morgan fingerprint density at radius 1 is 1.17 bits per heavy atom. The number of pyridine rings is 1. The minimum Gasteiger partial charge on any atom is -0.387 e. The summed E-state index contributed by atoms with van der Waals surface area (Å²) in [6.45, 7) is 4.23. The first-order valence-electron chi connectivity index (χ1n) is 10.4. The molecule has 2 aromatic heterocycles. The zero-order chi connectivity index (χ0) is 20.9. The summed E-state index contributed by atoms with van der Waals surface area (Å²) in [5, 5.41) is 20.3. The third kappa shape index (κ3) is 2.64. The topological polar surface area (TPSA) is 74.7 Å². The Balaban J connectivity index is 1.79. The molecule has 150 valence electrons. The molecular weight excluding hydrogens is 372 g/mol. The molecule has 2 heterocycles. The van der Waals surface area contributed by atoms with Crippen LogP contribution in [-0.4, -0.2) is 25.7 Å². The molecule has 5 nitrogen and oxygen atoms in total. The predicted molar refractivity (Wildman–Crippen MR) is 115 cm³/mol. The second kappa shape index (κ2) is 6.93. The van der Waals surface area contributed by atoms with E-state index in [-0.39, 0.29) is 17.3 Å². The molecule has 2 aliphatic rings. The van der Waals surface area contributed by atoms with E-state index in [4.69, 9.17) is 4.98 Å². The number of fused-ring (bicyclic) bond motifs is 3. The Morgan fingerprint density at radius 2 is 1.90 bits per heavy atom. The van der Waals surface area contributed by atoms with Gasteiger partial charge in [-0.15, -0.1) is 0 Å². The van der Waals surface area contributed by atoms with Crippen LogP contribution in [0.15, 0.2) is 66.5 Å². The molecule has 0 saturated carbocycles. The van der Waals surface area contributed by atoms with Gasteiger partial charge in [0.05, 0.1) is 23.4 Å². The van der Waals surface area contributed by atoms with Crippen molar-refractivity contribution in [3.05, 3.63) is 77.9 Å². The quantitative estimate of drug-likeness (QED) is 0.704. The maximum absolute atomic E-state index is 10.6. The molecule has 0 bridgehead atoms. The summed E-state index contributed by atoms with van der Waals surface area (Å²) in [6, 6.07) is 16.5. The summed E-state index contributed by atoms with van der Waals surface area (Å²) >= 11 is 0. The Bertz CT molecular complexity index is 1160. The van der Waals surface area contributed by atoms with Crippen molar-refractivity contribution < 1.29 is 5.11 Å². The molecule has 0 aliphatic heterocycles. The van der Waals surface area contributed by atoms with Gasteiger partial charge in [0.15, 0.2) is 0 Å². The van der Waals surface area contributed by atoms with E-state index < -0.39 is 6.10 Å². The second-order valence-electron chi connectivity index (χ2n) is 8.58.